The minimum atomic E-state index is -1.13. The maximum Gasteiger partial charge on any atom is 0.336 e. The van der Waals surface area contributed by atoms with E-state index in [1.54, 1.807) is 19.1 Å². The van der Waals surface area contributed by atoms with E-state index in [1.807, 2.05) is 6.92 Å². The number of hydrogen-bond acceptors (Lipinski definition) is 5. The first-order valence-corrected chi connectivity index (χ1v) is 8.06. The number of aliphatic carboxylic acids is 1. The molecule has 2 aromatic rings. The molecule has 0 radical (unpaired) electrons. The predicted octanol–water partition coefficient (Wildman–Crippen LogP) is 2.02. The molecule has 2 rings (SSSR count). The number of benzene rings is 1. The molecule has 2 N–H and O–H groups in total. The fourth-order valence-corrected chi connectivity index (χ4v) is 2.56. The van der Waals surface area contributed by atoms with Gasteiger partial charge in [0, 0.05) is 17.0 Å². The molecule has 0 spiro atoms. The molecule has 0 aliphatic carbocycles. The third-order valence-corrected chi connectivity index (χ3v) is 3.80. The molecule has 7 nitrogen and oxygen atoms in total. The Hall–Kier alpha value is -2.83. The fourth-order valence-electron chi connectivity index (χ4n) is 2.56. The Balaban J connectivity index is 2.31. The van der Waals surface area contributed by atoms with Crippen molar-refractivity contribution >= 4 is 22.8 Å². The SMILES string of the molecule is CCCc1cc(=O)oc2c(C)c(O[C@@H](C)C(=O)NCC(=O)O)ccc12. The standard InChI is InChI=1S/C18H21NO6/c1-4-5-12-8-16(22)25-17-10(2)14(7-6-13(12)17)24-11(3)18(23)19-9-15(20)21/h6-8,11H,4-5,9H2,1-3H3,(H,19,23)(H,20,21)/t11-/m0/s1. The second kappa shape index (κ2) is 7.83. The highest BCUT2D eigenvalue weighted by Gasteiger charge is 2.18. The van der Waals surface area contributed by atoms with Gasteiger partial charge in [0.05, 0.1) is 0 Å². The van der Waals surface area contributed by atoms with E-state index in [4.69, 9.17) is 14.3 Å². The summed E-state index contributed by atoms with van der Waals surface area (Å²) in [7, 11) is 0. The number of hydrogen-bond donors (Lipinski definition) is 2. The highest BCUT2D eigenvalue weighted by Crippen LogP contribution is 2.29. The van der Waals surface area contributed by atoms with Crippen LogP contribution in [0, 0.1) is 6.92 Å². The lowest BCUT2D eigenvalue weighted by molar-refractivity contribution is -0.139. The van der Waals surface area contributed by atoms with Gasteiger partial charge in [-0.3, -0.25) is 9.59 Å². The fraction of sp³-hybridized carbons (Fsp3) is 0.389. The molecule has 0 saturated carbocycles. The summed E-state index contributed by atoms with van der Waals surface area (Å²) in [5.74, 6) is -1.27. The summed E-state index contributed by atoms with van der Waals surface area (Å²) in [6.45, 7) is 4.82. The van der Waals surface area contributed by atoms with Crippen LogP contribution in [0.25, 0.3) is 11.0 Å². The smallest absolute Gasteiger partial charge is 0.336 e. The molecule has 1 aromatic heterocycles. The van der Waals surface area contributed by atoms with Gasteiger partial charge in [-0.1, -0.05) is 13.3 Å². The number of carboxylic acids is 1. The van der Waals surface area contributed by atoms with Crippen LogP contribution in [-0.4, -0.2) is 29.6 Å². The van der Waals surface area contributed by atoms with E-state index in [1.165, 1.54) is 13.0 Å². The zero-order chi connectivity index (χ0) is 18.6. The van der Waals surface area contributed by atoms with Crippen molar-refractivity contribution in [1.82, 2.24) is 5.32 Å². The van der Waals surface area contributed by atoms with Gasteiger partial charge in [-0.25, -0.2) is 4.79 Å². The molecule has 1 aromatic carbocycles. The Morgan fingerprint density at radius 2 is 2.08 bits per heavy atom. The Labute approximate surface area is 144 Å². The van der Waals surface area contributed by atoms with E-state index in [9.17, 15) is 14.4 Å². The molecular weight excluding hydrogens is 326 g/mol. The van der Waals surface area contributed by atoms with Gasteiger partial charge < -0.3 is 19.6 Å². The van der Waals surface area contributed by atoms with Gasteiger partial charge in [0.1, 0.15) is 17.9 Å². The maximum absolute atomic E-state index is 11.8. The lowest BCUT2D eigenvalue weighted by Gasteiger charge is -2.17. The van der Waals surface area contributed by atoms with Crippen molar-refractivity contribution in [3.05, 3.63) is 39.7 Å². The van der Waals surface area contributed by atoms with Gasteiger partial charge >= 0.3 is 11.6 Å². The molecule has 0 unspecified atom stereocenters. The Morgan fingerprint density at radius 3 is 2.72 bits per heavy atom. The second-order valence-corrected chi connectivity index (χ2v) is 5.78. The van der Waals surface area contributed by atoms with Crippen LogP contribution in [-0.2, 0) is 16.0 Å². The molecule has 0 fully saturated rings. The molecule has 1 atom stereocenters. The summed E-state index contributed by atoms with van der Waals surface area (Å²) >= 11 is 0. The van der Waals surface area contributed by atoms with E-state index in [-0.39, 0.29) is 0 Å². The van der Waals surface area contributed by atoms with Crippen molar-refractivity contribution in [2.24, 2.45) is 0 Å². The maximum atomic E-state index is 11.8. The number of ether oxygens (including phenoxy) is 1. The van der Waals surface area contributed by atoms with Gasteiger partial charge in [-0.05, 0) is 38.0 Å². The van der Waals surface area contributed by atoms with Crippen LogP contribution in [0.4, 0.5) is 0 Å². The highest BCUT2D eigenvalue weighted by molar-refractivity contribution is 5.86. The normalized spacial score (nSPS) is 12.0. The largest absolute Gasteiger partial charge is 0.480 e. The molecule has 134 valence electrons. The summed E-state index contributed by atoms with van der Waals surface area (Å²) in [5, 5.41) is 11.7. The van der Waals surface area contributed by atoms with Crippen molar-refractivity contribution in [2.75, 3.05) is 6.54 Å². The van der Waals surface area contributed by atoms with Crippen LogP contribution < -0.4 is 15.7 Å². The third-order valence-electron chi connectivity index (χ3n) is 3.80. The van der Waals surface area contributed by atoms with Crippen molar-refractivity contribution in [1.29, 1.82) is 0 Å². The summed E-state index contributed by atoms with van der Waals surface area (Å²) in [6.07, 6.45) is 0.771. The topological polar surface area (TPSA) is 106 Å². The number of carbonyl (C=O) groups excluding carboxylic acids is 1. The van der Waals surface area contributed by atoms with Crippen LogP contribution in [0.1, 0.15) is 31.4 Å². The zero-order valence-corrected chi connectivity index (χ0v) is 14.4. The predicted molar refractivity (Wildman–Crippen MR) is 92.0 cm³/mol. The van der Waals surface area contributed by atoms with Crippen LogP contribution in [0.15, 0.2) is 27.4 Å². The van der Waals surface area contributed by atoms with Gasteiger partial charge in [0.2, 0.25) is 0 Å². The first kappa shape index (κ1) is 18.5. The van der Waals surface area contributed by atoms with E-state index >= 15 is 0 Å². The summed E-state index contributed by atoms with van der Waals surface area (Å²) < 4.78 is 10.9. The van der Waals surface area contributed by atoms with Crippen LogP contribution in [0.3, 0.4) is 0 Å². The first-order chi connectivity index (χ1) is 11.8. The van der Waals surface area contributed by atoms with Crippen LogP contribution >= 0.6 is 0 Å². The van der Waals surface area contributed by atoms with Crippen molar-refractivity contribution < 1.29 is 23.8 Å². The average Bonchev–Trinajstić information content (AvgIpc) is 2.55. The number of nitrogens with one attached hydrogen (secondary N) is 1. The number of carbonyl (C=O) groups is 2. The summed E-state index contributed by atoms with van der Waals surface area (Å²) in [5.41, 5.74) is 1.54. The molecule has 0 saturated heterocycles. The first-order valence-electron chi connectivity index (χ1n) is 8.06. The molecule has 0 aliphatic heterocycles. The highest BCUT2D eigenvalue weighted by atomic mass is 16.5. The molecular formula is C18H21NO6. The molecule has 0 bridgehead atoms. The third kappa shape index (κ3) is 4.37. The van der Waals surface area contributed by atoms with Crippen molar-refractivity contribution in [3.8, 4) is 5.75 Å². The number of carboxylic acid groups (broad SMARTS) is 1. The lowest BCUT2D eigenvalue weighted by Crippen LogP contribution is -2.39. The summed E-state index contributed by atoms with van der Waals surface area (Å²) in [6, 6.07) is 5.01. The number of aryl methyl sites for hydroxylation is 2. The van der Waals surface area contributed by atoms with Crippen molar-refractivity contribution in [2.45, 2.75) is 39.7 Å². The van der Waals surface area contributed by atoms with Crippen LogP contribution in [0.5, 0.6) is 5.75 Å². The monoisotopic (exact) mass is 347 g/mol. The Morgan fingerprint density at radius 1 is 1.36 bits per heavy atom. The molecule has 25 heavy (non-hydrogen) atoms. The molecule has 0 aliphatic rings. The molecule has 1 amide bonds. The Bertz CT molecular complexity index is 855. The zero-order valence-electron chi connectivity index (χ0n) is 14.4. The number of fused-ring (bicyclic) bond motifs is 1. The van der Waals surface area contributed by atoms with Gasteiger partial charge in [0.25, 0.3) is 5.91 Å². The van der Waals surface area contributed by atoms with Crippen LogP contribution in [0.2, 0.25) is 0 Å². The lowest BCUT2D eigenvalue weighted by atomic mass is 10.0. The molecule has 7 heteroatoms. The van der Waals surface area contributed by atoms with Gasteiger partial charge in [0.15, 0.2) is 6.10 Å². The Kier molecular flexibility index (Phi) is 5.80. The van der Waals surface area contributed by atoms with E-state index < -0.39 is 30.2 Å². The van der Waals surface area contributed by atoms with Gasteiger partial charge in [-0.2, -0.15) is 0 Å². The number of amides is 1. The summed E-state index contributed by atoms with van der Waals surface area (Å²) in [4.78, 5) is 34.1. The number of rotatable bonds is 7. The quantitative estimate of drug-likeness (QED) is 0.742. The minimum Gasteiger partial charge on any atom is -0.480 e. The van der Waals surface area contributed by atoms with Gasteiger partial charge in [-0.15, -0.1) is 0 Å². The van der Waals surface area contributed by atoms with E-state index in [0.29, 0.717) is 16.9 Å². The minimum absolute atomic E-state index is 0.405. The van der Waals surface area contributed by atoms with E-state index in [2.05, 4.69) is 5.32 Å². The van der Waals surface area contributed by atoms with E-state index in [0.717, 1.165) is 23.8 Å². The molecule has 1 heterocycles. The average molecular weight is 347 g/mol. The second-order valence-electron chi connectivity index (χ2n) is 5.78. The van der Waals surface area contributed by atoms with Crippen molar-refractivity contribution in [3.63, 3.8) is 0 Å².